The maximum Gasteiger partial charge on any atom is 0.123 e. The number of likely N-dealkylation sites (tertiary alicyclic amines) is 1. The van der Waals surface area contributed by atoms with Crippen LogP contribution in [0.4, 0.5) is 4.39 Å². The first kappa shape index (κ1) is 18.1. The molecule has 1 aliphatic carbocycles. The van der Waals surface area contributed by atoms with Gasteiger partial charge in [0, 0.05) is 32.3 Å². The van der Waals surface area contributed by atoms with Gasteiger partial charge < -0.3 is 15.0 Å². The van der Waals surface area contributed by atoms with Gasteiger partial charge in [-0.1, -0.05) is 6.07 Å². The Bertz CT molecular complexity index is 660. The van der Waals surface area contributed by atoms with Gasteiger partial charge in [0.25, 0.3) is 0 Å². The van der Waals surface area contributed by atoms with E-state index in [1.807, 2.05) is 6.07 Å². The molecule has 4 aliphatic rings. The van der Waals surface area contributed by atoms with Crippen molar-refractivity contribution in [2.75, 3.05) is 39.4 Å². The van der Waals surface area contributed by atoms with Gasteiger partial charge in [0.1, 0.15) is 5.82 Å². The summed E-state index contributed by atoms with van der Waals surface area (Å²) >= 11 is 0. The van der Waals surface area contributed by atoms with Crippen molar-refractivity contribution in [3.63, 3.8) is 0 Å². The molecule has 1 spiro atoms. The van der Waals surface area contributed by atoms with Gasteiger partial charge in [-0.3, -0.25) is 0 Å². The summed E-state index contributed by atoms with van der Waals surface area (Å²) in [6.07, 6.45) is 8.69. The Hall–Kier alpha value is -0.970. The van der Waals surface area contributed by atoms with Gasteiger partial charge in [-0.05, 0) is 98.5 Å². The Morgan fingerprint density at radius 1 is 0.963 bits per heavy atom. The van der Waals surface area contributed by atoms with Gasteiger partial charge in [-0.25, -0.2) is 4.39 Å². The average Bonchev–Trinajstić information content (AvgIpc) is 3.15. The van der Waals surface area contributed by atoms with Crippen LogP contribution in [-0.4, -0.2) is 50.3 Å². The van der Waals surface area contributed by atoms with Gasteiger partial charge >= 0.3 is 0 Å². The Kier molecular flexibility index (Phi) is 4.99. The molecular weight excluding hydrogens is 339 g/mol. The van der Waals surface area contributed by atoms with E-state index in [2.05, 4.69) is 16.3 Å². The number of piperidine rings is 1. The van der Waals surface area contributed by atoms with Gasteiger partial charge in [0.2, 0.25) is 0 Å². The number of nitrogens with one attached hydrogen (secondary N) is 1. The van der Waals surface area contributed by atoms with Crippen LogP contribution < -0.4 is 5.32 Å². The highest BCUT2D eigenvalue weighted by Gasteiger charge is 2.45. The summed E-state index contributed by atoms with van der Waals surface area (Å²) in [5.74, 6) is 1.00. The minimum atomic E-state index is -0.0709. The molecule has 27 heavy (non-hydrogen) atoms. The molecule has 1 aromatic carbocycles. The lowest BCUT2D eigenvalue weighted by Crippen LogP contribution is -2.52. The number of ether oxygens (including phenoxy) is 1. The molecule has 4 heteroatoms. The highest BCUT2D eigenvalue weighted by molar-refractivity contribution is 5.35. The van der Waals surface area contributed by atoms with Crippen molar-refractivity contribution in [2.24, 2.45) is 5.41 Å². The van der Waals surface area contributed by atoms with Crippen LogP contribution in [0.25, 0.3) is 0 Å². The Morgan fingerprint density at radius 2 is 1.70 bits per heavy atom. The second kappa shape index (κ2) is 7.46. The summed E-state index contributed by atoms with van der Waals surface area (Å²) in [6.45, 7) is 6.52. The van der Waals surface area contributed by atoms with Crippen LogP contribution in [0.5, 0.6) is 0 Å². The van der Waals surface area contributed by atoms with Crippen LogP contribution >= 0.6 is 0 Å². The maximum absolute atomic E-state index is 14.1. The molecule has 3 aliphatic heterocycles. The summed E-state index contributed by atoms with van der Waals surface area (Å²) < 4.78 is 19.6. The van der Waals surface area contributed by atoms with Crippen LogP contribution in [0, 0.1) is 11.2 Å². The molecule has 0 radical (unpaired) electrons. The summed E-state index contributed by atoms with van der Waals surface area (Å²) in [6, 6.07) is 6.36. The zero-order valence-electron chi connectivity index (χ0n) is 16.4. The molecule has 1 atom stereocenters. The quantitative estimate of drug-likeness (QED) is 0.867. The minimum absolute atomic E-state index is 0.0709. The van der Waals surface area contributed by atoms with E-state index in [4.69, 9.17) is 4.74 Å². The van der Waals surface area contributed by atoms with Crippen LogP contribution in [0.15, 0.2) is 18.2 Å². The third-order valence-electron chi connectivity index (χ3n) is 7.87. The molecular formula is C23H33FN2O. The second-order valence-corrected chi connectivity index (χ2v) is 9.47. The first-order chi connectivity index (χ1) is 13.2. The molecule has 4 fully saturated rings. The van der Waals surface area contributed by atoms with E-state index in [0.29, 0.717) is 17.3 Å². The number of nitrogens with zero attached hydrogens (tertiary/aromatic N) is 1. The fourth-order valence-corrected chi connectivity index (χ4v) is 6.14. The van der Waals surface area contributed by atoms with Gasteiger partial charge in [-0.2, -0.15) is 0 Å². The fraction of sp³-hybridized carbons (Fsp3) is 0.739. The number of benzene rings is 1. The number of hydrogen-bond donors (Lipinski definition) is 1. The van der Waals surface area contributed by atoms with E-state index in [-0.39, 0.29) is 5.82 Å². The standard InChI is InChI=1S/C23H33FN2O/c24-19-1-2-21(18-6-11-27-12-7-18)22(13-19)17-4-9-26(10-5-17)20-3-8-23(14-20)15-25-16-23/h1-2,13,17-18,20,25H,3-12,14-16H2. The lowest BCUT2D eigenvalue weighted by Gasteiger charge is -2.42. The summed E-state index contributed by atoms with van der Waals surface area (Å²) in [7, 11) is 0. The van der Waals surface area contributed by atoms with Gasteiger partial charge in [0.15, 0.2) is 0 Å². The molecule has 0 aromatic heterocycles. The van der Waals surface area contributed by atoms with E-state index >= 15 is 0 Å². The SMILES string of the molecule is Fc1ccc(C2CCOCC2)c(C2CCN(C3CCC4(CNC4)C3)CC2)c1. The van der Waals surface area contributed by atoms with Crippen molar-refractivity contribution in [1.29, 1.82) is 0 Å². The largest absolute Gasteiger partial charge is 0.381 e. The highest BCUT2D eigenvalue weighted by atomic mass is 19.1. The third-order valence-corrected chi connectivity index (χ3v) is 7.87. The molecule has 3 nitrogen and oxygen atoms in total. The number of rotatable bonds is 3. The van der Waals surface area contributed by atoms with Crippen molar-refractivity contribution in [2.45, 2.75) is 62.8 Å². The molecule has 0 bridgehead atoms. The first-order valence-electron chi connectivity index (χ1n) is 11.0. The zero-order valence-corrected chi connectivity index (χ0v) is 16.4. The predicted molar refractivity (Wildman–Crippen MR) is 106 cm³/mol. The predicted octanol–water partition coefficient (Wildman–Crippen LogP) is 4.04. The van der Waals surface area contributed by atoms with E-state index in [9.17, 15) is 4.39 Å². The Balaban J connectivity index is 1.26. The molecule has 1 saturated carbocycles. The van der Waals surface area contributed by atoms with Gasteiger partial charge in [-0.15, -0.1) is 0 Å². The smallest absolute Gasteiger partial charge is 0.123 e. The monoisotopic (exact) mass is 372 g/mol. The maximum atomic E-state index is 14.1. The van der Waals surface area contributed by atoms with Crippen molar-refractivity contribution < 1.29 is 9.13 Å². The average molecular weight is 373 g/mol. The van der Waals surface area contributed by atoms with Crippen molar-refractivity contribution >= 4 is 0 Å². The lowest BCUT2D eigenvalue weighted by atomic mass is 9.79. The number of hydrogen-bond acceptors (Lipinski definition) is 3. The van der Waals surface area contributed by atoms with E-state index in [1.54, 1.807) is 6.07 Å². The van der Waals surface area contributed by atoms with Crippen LogP contribution in [0.3, 0.4) is 0 Å². The second-order valence-electron chi connectivity index (χ2n) is 9.47. The summed E-state index contributed by atoms with van der Waals surface area (Å²) in [4.78, 5) is 2.75. The number of halogens is 1. The van der Waals surface area contributed by atoms with Crippen LogP contribution in [0.1, 0.15) is 67.9 Å². The molecule has 0 amide bonds. The normalized spacial score (nSPS) is 29.9. The topological polar surface area (TPSA) is 24.5 Å². The van der Waals surface area contributed by atoms with Crippen LogP contribution in [-0.2, 0) is 4.74 Å². The third kappa shape index (κ3) is 3.56. The van der Waals surface area contributed by atoms with E-state index in [0.717, 1.165) is 32.1 Å². The molecule has 1 unspecified atom stereocenters. The molecule has 3 heterocycles. The van der Waals surface area contributed by atoms with Crippen LogP contribution in [0.2, 0.25) is 0 Å². The van der Waals surface area contributed by atoms with E-state index < -0.39 is 0 Å². The minimum Gasteiger partial charge on any atom is -0.381 e. The Labute approximate surface area is 162 Å². The fourth-order valence-electron chi connectivity index (χ4n) is 6.14. The summed E-state index contributed by atoms with van der Waals surface area (Å²) in [5.41, 5.74) is 3.33. The first-order valence-corrected chi connectivity index (χ1v) is 11.0. The van der Waals surface area contributed by atoms with Crippen molar-refractivity contribution in [3.8, 4) is 0 Å². The molecule has 1 aromatic rings. The molecule has 1 N–H and O–H groups in total. The van der Waals surface area contributed by atoms with Crippen molar-refractivity contribution in [3.05, 3.63) is 35.1 Å². The molecule has 3 saturated heterocycles. The zero-order chi connectivity index (χ0) is 18.3. The highest BCUT2D eigenvalue weighted by Crippen LogP contribution is 2.45. The molecule has 5 rings (SSSR count). The van der Waals surface area contributed by atoms with Gasteiger partial charge in [0.05, 0.1) is 0 Å². The lowest BCUT2D eigenvalue weighted by molar-refractivity contribution is 0.0847. The van der Waals surface area contributed by atoms with E-state index in [1.165, 1.54) is 69.4 Å². The summed E-state index contributed by atoms with van der Waals surface area (Å²) in [5, 5.41) is 3.48. The Morgan fingerprint density at radius 3 is 2.37 bits per heavy atom. The molecule has 148 valence electrons. The van der Waals surface area contributed by atoms with Crippen molar-refractivity contribution in [1.82, 2.24) is 10.2 Å².